The summed E-state index contributed by atoms with van der Waals surface area (Å²) in [6, 6.07) is 12.3. The summed E-state index contributed by atoms with van der Waals surface area (Å²) < 4.78 is 10.8. The second kappa shape index (κ2) is 8.75. The van der Waals surface area contributed by atoms with Crippen molar-refractivity contribution in [2.24, 2.45) is 0 Å². The van der Waals surface area contributed by atoms with E-state index in [1.54, 1.807) is 44.3 Å². The average molecular weight is 396 g/mol. The van der Waals surface area contributed by atoms with Gasteiger partial charge in [0.2, 0.25) is 5.78 Å². The molecule has 0 spiro atoms. The second-order valence-electron chi connectivity index (χ2n) is 6.02. The molecule has 0 N–H and O–H groups in total. The minimum Gasteiger partial charge on any atom is -0.494 e. The fourth-order valence-electron chi connectivity index (χ4n) is 2.57. The molecule has 0 radical (unpaired) electrons. The number of carbonyl (C=O) groups excluding carboxylic acids is 2. The zero-order valence-corrected chi connectivity index (χ0v) is 16.7. The van der Waals surface area contributed by atoms with Gasteiger partial charge in [-0.1, -0.05) is 6.07 Å². The van der Waals surface area contributed by atoms with Gasteiger partial charge in [0.25, 0.3) is 0 Å². The first-order valence-corrected chi connectivity index (χ1v) is 9.68. The van der Waals surface area contributed by atoms with Crippen LogP contribution >= 0.6 is 11.3 Å². The number of nitrogens with zero attached hydrogens (tertiary/aromatic N) is 2. The number of esters is 1. The maximum absolute atomic E-state index is 12.6. The Bertz CT molecular complexity index is 968. The lowest BCUT2D eigenvalue weighted by atomic mass is 10.1. The molecular weight excluding hydrogens is 376 g/mol. The first-order chi connectivity index (χ1) is 13.5. The number of rotatable bonds is 7. The van der Waals surface area contributed by atoms with Crippen molar-refractivity contribution >= 4 is 23.1 Å². The monoisotopic (exact) mass is 396 g/mol. The Balaban J connectivity index is 1.70. The molecule has 0 aliphatic heterocycles. The fraction of sp³-hybridized carbons (Fsp3) is 0.238. The summed E-state index contributed by atoms with van der Waals surface area (Å²) >= 11 is 1.20. The highest BCUT2D eigenvalue weighted by atomic mass is 32.1. The van der Waals surface area contributed by atoms with E-state index in [2.05, 4.69) is 9.97 Å². The summed E-state index contributed by atoms with van der Waals surface area (Å²) in [5.74, 6) is -0.154. The molecule has 0 aliphatic carbocycles. The Morgan fingerprint density at radius 1 is 1.14 bits per heavy atom. The van der Waals surface area contributed by atoms with Crippen molar-refractivity contribution in [2.45, 2.75) is 26.9 Å². The van der Waals surface area contributed by atoms with Crippen LogP contribution in [0.1, 0.15) is 39.6 Å². The Kier molecular flexibility index (Phi) is 6.16. The van der Waals surface area contributed by atoms with Gasteiger partial charge in [-0.25, -0.2) is 9.78 Å². The summed E-state index contributed by atoms with van der Waals surface area (Å²) in [7, 11) is 0. The Labute approximate surface area is 167 Å². The van der Waals surface area contributed by atoms with Crippen LogP contribution in [0.2, 0.25) is 0 Å². The zero-order chi connectivity index (χ0) is 20.1. The van der Waals surface area contributed by atoms with Crippen LogP contribution in [0, 0.1) is 6.92 Å². The third-order valence-electron chi connectivity index (χ3n) is 3.97. The number of ketones is 1. The Hall–Kier alpha value is -3.06. The van der Waals surface area contributed by atoms with Crippen LogP contribution in [-0.4, -0.2) is 34.4 Å². The van der Waals surface area contributed by atoms with E-state index < -0.39 is 12.1 Å². The number of ether oxygens (including phenoxy) is 2. The average Bonchev–Trinajstić information content (AvgIpc) is 3.11. The maximum atomic E-state index is 12.6. The molecule has 3 rings (SSSR count). The predicted octanol–water partition coefficient (Wildman–Crippen LogP) is 4.34. The smallest absolute Gasteiger partial charge is 0.350 e. The van der Waals surface area contributed by atoms with Gasteiger partial charge in [-0.15, -0.1) is 11.3 Å². The number of benzene rings is 1. The molecule has 0 saturated heterocycles. The van der Waals surface area contributed by atoms with Gasteiger partial charge < -0.3 is 9.47 Å². The normalized spacial score (nSPS) is 11.7. The molecule has 0 amide bonds. The van der Waals surface area contributed by atoms with E-state index in [-0.39, 0.29) is 5.78 Å². The molecule has 7 heteroatoms. The van der Waals surface area contributed by atoms with Crippen LogP contribution in [0.25, 0.3) is 10.7 Å². The lowest BCUT2D eigenvalue weighted by Gasteiger charge is -2.12. The summed E-state index contributed by atoms with van der Waals surface area (Å²) in [6.45, 7) is 5.74. The van der Waals surface area contributed by atoms with E-state index in [1.165, 1.54) is 11.3 Å². The Morgan fingerprint density at radius 2 is 1.89 bits per heavy atom. The maximum Gasteiger partial charge on any atom is 0.350 e. The van der Waals surface area contributed by atoms with Crippen molar-refractivity contribution in [3.8, 4) is 16.5 Å². The van der Waals surface area contributed by atoms with Crippen LogP contribution in [0.5, 0.6) is 5.75 Å². The number of aryl methyl sites for hydroxylation is 1. The minimum absolute atomic E-state index is 0.275. The van der Waals surface area contributed by atoms with Crippen molar-refractivity contribution in [2.75, 3.05) is 6.61 Å². The van der Waals surface area contributed by atoms with Gasteiger partial charge in [0.15, 0.2) is 6.10 Å². The van der Waals surface area contributed by atoms with Crippen LogP contribution in [0.3, 0.4) is 0 Å². The molecule has 1 aromatic carbocycles. The number of carbonyl (C=O) groups is 2. The highest BCUT2D eigenvalue weighted by Crippen LogP contribution is 2.27. The molecule has 1 atom stereocenters. The van der Waals surface area contributed by atoms with Gasteiger partial charge in [-0.2, -0.15) is 0 Å². The lowest BCUT2D eigenvalue weighted by molar-refractivity contribution is 0.0322. The van der Waals surface area contributed by atoms with Crippen molar-refractivity contribution in [3.05, 3.63) is 64.8 Å². The summed E-state index contributed by atoms with van der Waals surface area (Å²) in [5, 5.41) is 0.635. The molecule has 3 aromatic rings. The molecule has 6 nitrogen and oxygen atoms in total. The molecule has 0 aliphatic rings. The molecule has 144 valence electrons. The molecule has 2 heterocycles. The van der Waals surface area contributed by atoms with Gasteiger partial charge in [-0.3, -0.25) is 9.78 Å². The van der Waals surface area contributed by atoms with Gasteiger partial charge in [0.05, 0.1) is 18.0 Å². The van der Waals surface area contributed by atoms with Gasteiger partial charge in [0.1, 0.15) is 15.6 Å². The first kappa shape index (κ1) is 19.7. The number of hydrogen-bond donors (Lipinski definition) is 0. The Morgan fingerprint density at radius 3 is 2.54 bits per heavy atom. The van der Waals surface area contributed by atoms with Gasteiger partial charge in [0, 0.05) is 11.8 Å². The van der Waals surface area contributed by atoms with E-state index in [0.29, 0.717) is 39.2 Å². The number of thiazole rings is 1. The topological polar surface area (TPSA) is 78.4 Å². The van der Waals surface area contributed by atoms with E-state index in [9.17, 15) is 9.59 Å². The van der Waals surface area contributed by atoms with Crippen LogP contribution in [-0.2, 0) is 4.74 Å². The molecule has 0 fully saturated rings. The fourth-order valence-corrected chi connectivity index (χ4v) is 3.50. The molecule has 0 bridgehead atoms. The van der Waals surface area contributed by atoms with Gasteiger partial charge in [-0.05, 0) is 57.2 Å². The highest BCUT2D eigenvalue weighted by Gasteiger charge is 2.24. The molecule has 0 saturated carbocycles. The van der Waals surface area contributed by atoms with Crippen molar-refractivity contribution in [1.29, 1.82) is 0 Å². The number of aromatic nitrogens is 2. The largest absolute Gasteiger partial charge is 0.494 e. The van der Waals surface area contributed by atoms with E-state index in [1.807, 2.05) is 25.1 Å². The van der Waals surface area contributed by atoms with E-state index in [4.69, 9.17) is 9.47 Å². The molecule has 0 unspecified atom stereocenters. The van der Waals surface area contributed by atoms with Crippen LogP contribution in [0.4, 0.5) is 0 Å². The van der Waals surface area contributed by atoms with Gasteiger partial charge >= 0.3 is 5.97 Å². The lowest BCUT2D eigenvalue weighted by Crippen LogP contribution is -2.24. The van der Waals surface area contributed by atoms with Crippen LogP contribution in [0.15, 0.2) is 48.7 Å². The summed E-state index contributed by atoms with van der Waals surface area (Å²) in [5.41, 5.74) is 1.70. The zero-order valence-electron chi connectivity index (χ0n) is 15.8. The van der Waals surface area contributed by atoms with E-state index >= 15 is 0 Å². The first-order valence-electron chi connectivity index (χ1n) is 8.86. The summed E-state index contributed by atoms with van der Waals surface area (Å²) in [6.07, 6.45) is 0.756. The SMILES string of the molecule is CCOc1ccc(C(=O)[C@H](C)OC(=O)c2sc(-c3ccccn3)nc2C)cc1. The molecule has 2 aromatic heterocycles. The molecule has 28 heavy (non-hydrogen) atoms. The standard InChI is InChI=1S/C21H20N2O4S/c1-4-26-16-10-8-15(9-11-16)18(24)14(3)27-21(25)19-13(2)23-20(28-19)17-7-5-6-12-22-17/h5-12,14H,4H2,1-3H3/t14-/m0/s1. The van der Waals surface area contributed by atoms with E-state index in [0.717, 1.165) is 0 Å². The van der Waals surface area contributed by atoms with Crippen molar-refractivity contribution in [1.82, 2.24) is 9.97 Å². The molecular formula is C21H20N2O4S. The highest BCUT2D eigenvalue weighted by molar-refractivity contribution is 7.17. The van der Waals surface area contributed by atoms with Crippen molar-refractivity contribution in [3.63, 3.8) is 0 Å². The second-order valence-corrected chi connectivity index (χ2v) is 7.02. The predicted molar refractivity (Wildman–Crippen MR) is 107 cm³/mol. The summed E-state index contributed by atoms with van der Waals surface area (Å²) in [4.78, 5) is 34.1. The van der Waals surface area contributed by atoms with Crippen LogP contribution < -0.4 is 4.74 Å². The minimum atomic E-state index is -0.912. The quantitative estimate of drug-likeness (QED) is 0.437. The number of pyridine rings is 1. The third-order valence-corrected chi connectivity index (χ3v) is 5.13. The van der Waals surface area contributed by atoms with Crippen molar-refractivity contribution < 1.29 is 19.1 Å². The number of Topliss-reactive ketones (excluding diaryl/α,β-unsaturated/α-hetero) is 1. The third kappa shape index (κ3) is 4.43. The number of hydrogen-bond acceptors (Lipinski definition) is 7.